The first-order chi connectivity index (χ1) is 9.58. The molecule has 1 amide bonds. The normalized spacial score (nSPS) is 17.6. The summed E-state index contributed by atoms with van der Waals surface area (Å²) < 4.78 is 5.37. The Morgan fingerprint density at radius 2 is 2.15 bits per heavy atom. The van der Waals surface area contributed by atoms with Gasteiger partial charge in [0.15, 0.2) is 5.82 Å². The number of benzene rings is 1. The van der Waals surface area contributed by atoms with Crippen LogP contribution in [0.2, 0.25) is 0 Å². The lowest BCUT2D eigenvalue weighted by Gasteiger charge is -2.21. The molecule has 0 bridgehead atoms. The van der Waals surface area contributed by atoms with E-state index in [1.807, 2.05) is 38.1 Å². The van der Waals surface area contributed by atoms with Crippen LogP contribution in [0.5, 0.6) is 0 Å². The smallest absolute Gasteiger partial charge is 0.250 e. The summed E-state index contributed by atoms with van der Waals surface area (Å²) in [6.07, 6.45) is 0.718. The molecular formula is C15H17N3O2. The number of hydrogen-bond donors (Lipinski definition) is 0. The Hall–Kier alpha value is -2.17. The second-order valence-electron chi connectivity index (χ2n) is 5.38. The van der Waals surface area contributed by atoms with E-state index < -0.39 is 0 Å². The molecule has 20 heavy (non-hydrogen) atoms. The Bertz CT molecular complexity index is 648. The summed E-state index contributed by atoms with van der Waals surface area (Å²) in [6, 6.07) is 7.71. The van der Waals surface area contributed by atoms with E-state index in [1.54, 1.807) is 11.8 Å². The fraction of sp³-hybridized carbons (Fsp3) is 0.400. The predicted molar refractivity (Wildman–Crippen MR) is 74.4 cm³/mol. The first-order valence-corrected chi connectivity index (χ1v) is 6.79. The van der Waals surface area contributed by atoms with Gasteiger partial charge in [-0.25, -0.2) is 0 Å². The third-order valence-corrected chi connectivity index (χ3v) is 3.57. The Morgan fingerprint density at radius 1 is 1.40 bits per heavy atom. The molecule has 1 atom stereocenters. The Morgan fingerprint density at radius 3 is 2.80 bits per heavy atom. The lowest BCUT2D eigenvalue weighted by atomic mass is 10.1. The summed E-state index contributed by atoms with van der Waals surface area (Å²) >= 11 is 0. The molecule has 0 fully saturated rings. The van der Waals surface area contributed by atoms with Crippen molar-refractivity contribution in [2.24, 2.45) is 0 Å². The number of fused-ring (bicyclic) bond motifs is 1. The molecule has 1 aromatic carbocycles. The fourth-order valence-electron chi connectivity index (χ4n) is 2.59. The zero-order valence-corrected chi connectivity index (χ0v) is 11.8. The fourth-order valence-corrected chi connectivity index (χ4v) is 2.59. The van der Waals surface area contributed by atoms with E-state index in [1.165, 1.54) is 0 Å². The highest BCUT2D eigenvalue weighted by Crippen LogP contribution is 2.39. The van der Waals surface area contributed by atoms with Crippen LogP contribution in [0.15, 0.2) is 28.8 Å². The van der Waals surface area contributed by atoms with Crippen LogP contribution < -0.4 is 4.90 Å². The van der Waals surface area contributed by atoms with Crippen LogP contribution in [0.25, 0.3) is 0 Å². The van der Waals surface area contributed by atoms with Gasteiger partial charge in [0.25, 0.3) is 0 Å². The molecule has 1 aliphatic heterocycles. The molecule has 0 radical (unpaired) electrons. The summed E-state index contributed by atoms with van der Waals surface area (Å²) in [5.74, 6) is 1.39. The lowest BCUT2D eigenvalue weighted by molar-refractivity contribution is -0.117. The number of anilines is 1. The number of hydrogen-bond acceptors (Lipinski definition) is 4. The van der Waals surface area contributed by atoms with Crippen molar-refractivity contribution >= 4 is 11.6 Å². The summed E-state index contributed by atoms with van der Waals surface area (Å²) in [7, 11) is 0. The van der Waals surface area contributed by atoms with E-state index in [2.05, 4.69) is 10.1 Å². The molecule has 0 spiro atoms. The molecular weight excluding hydrogens is 254 g/mol. The summed E-state index contributed by atoms with van der Waals surface area (Å²) in [4.78, 5) is 18.1. The monoisotopic (exact) mass is 271 g/mol. The van der Waals surface area contributed by atoms with Crippen LogP contribution in [0.3, 0.4) is 0 Å². The van der Waals surface area contributed by atoms with Crippen molar-refractivity contribution in [3.63, 3.8) is 0 Å². The number of aromatic nitrogens is 2. The van der Waals surface area contributed by atoms with Gasteiger partial charge in [0.2, 0.25) is 11.8 Å². The second kappa shape index (κ2) is 4.74. The van der Waals surface area contributed by atoms with Gasteiger partial charge in [-0.2, -0.15) is 4.98 Å². The minimum Gasteiger partial charge on any atom is -0.337 e. The zero-order valence-electron chi connectivity index (χ0n) is 11.8. The van der Waals surface area contributed by atoms with Gasteiger partial charge in [0, 0.05) is 24.9 Å². The largest absolute Gasteiger partial charge is 0.337 e. The molecule has 5 heteroatoms. The van der Waals surface area contributed by atoms with Crippen LogP contribution in [-0.2, 0) is 11.2 Å². The van der Waals surface area contributed by atoms with Crippen LogP contribution >= 0.6 is 0 Å². The van der Waals surface area contributed by atoms with E-state index in [4.69, 9.17) is 4.52 Å². The van der Waals surface area contributed by atoms with Crippen molar-refractivity contribution < 1.29 is 9.32 Å². The van der Waals surface area contributed by atoms with E-state index in [0.717, 1.165) is 17.7 Å². The molecule has 0 saturated carbocycles. The quantitative estimate of drug-likeness (QED) is 0.842. The van der Waals surface area contributed by atoms with Crippen molar-refractivity contribution in [1.29, 1.82) is 0 Å². The van der Waals surface area contributed by atoms with E-state index in [9.17, 15) is 4.79 Å². The number of carbonyl (C=O) groups is 1. The molecule has 2 aromatic rings. The van der Waals surface area contributed by atoms with Crippen molar-refractivity contribution in [3.8, 4) is 0 Å². The van der Waals surface area contributed by atoms with Gasteiger partial charge < -0.3 is 4.52 Å². The lowest BCUT2D eigenvalue weighted by Crippen LogP contribution is -2.30. The molecule has 0 N–H and O–H groups in total. The first kappa shape index (κ1) is 12.8. The zero-order chi connectivity index (χ0) is 14.3. The van der Waals surface area contributed by atoms with Crippen LogP contribution in [0.1, 0.15) is 50.0 Å². The molecule has 0 aliphatic carbocycles. The highest BCUT2D eigenvalue weighted by Gasteiger charge is 2.36. The highest BCUT2D eigenvalue weighted by molar-refractivity contribution is 5.94. The molecule has 3 rings (SSSR count). The van der Waals surface area contributed by atoms with Crippen molar-refractivity contribution in [3.05, 3.63) is 41.5 Å². The molecule has 1 aromatic heterocycles. The van der Waals surface area contributed by atoms with Gasteiger partial charge in [-0.15, -0.1) is 0 Å². The molecule has 2 heterocycles. The molecule has 1 unspecified atom stereocenters. The van der Waals surface area contributed by atoms with Crippen molar-refractivity contribution in [2.75, 3.05) is 4.90 Å². The molecule has 5 nitrogen and oxygen atoms in total. The summed E-state index contributed by atoms with van der Waals surface area (Å²) in [5.41, 5.74) is 2.08. The van der Waals surface area contributed by atoms with Crippen molar-refractivity contribution in [1.82, 2.24) is 10.1 Å². The number of carbonyl (C=O) groups excluding carboxylic acids is 1. The number of para-hydroxylation sites is 1. The minimum absolute atomic E-state index is 0.00996. The first-order valence-electron chi connectivity index (χ1n) is 6.79. The number of nitrogens with zero attached hydrogens (tertiary/aromatic N) is 3. The maximum absolute atomic E-state index is 12.0. The Kier molecular flexibility index (Phi) is 3.04. The van der Waals surface area contributed by atoms with E-state index in [0.29, 0.717) is 11.7 Å². The Balaban J connectivity index is 1.99. The van der Waals surface area contributed by atoms with Gasteiger partial charge in [0.05, 0.1) is 0 Å². The maximum atomic E-state index is 12.0. The van der Waals surface area contributed by atoms with Crippen LogP contribution in [0, 0.1) is 0 Å². The SMILES string of the molecule is CC(=O)N1c2ccccc2CC1c1nc(C(C)C)no1. The third-order valence-electron chi connectivity index (χ3n) is 3.57. The topological polar surface area (TPSA) is 59.2 Å². The third kappa shape index (κ3) is 1.99. The summed E-state index contributed by atoms with van der Waals surface area (Å²) in [5, 5.41) is 3.99. The van der Waals surface area contributed by atoms with Gasteiger partial charge in [-0.05, 0) is 11.6 Å². The molecule has 0 saturated heterocycles. The van der Waals surface area contributed by atoms with Crippen LogP contribution in [-0.4, -0.2) is 16.0 Å². The van der Waals surface area contributed by atoms with Crippen LogP contribution in [0.4, 0.5) is 5.69 Å². The highest BCUT2D eigenvalue weighted by atomic mass is 16.5. The van der Waals surface area contributed by atoms with Gasteiger partial charge in [-0.3, -0.25) is 9.69 Å². The second-order valence-corrected chi connectivity index (χ2v) is 5.38. The number of rotatable bonds is 2. The Labute approximate surface area is 117 Å². The number of amides is 1. The van der Waals surface area contributed by atoms with Gasteiger partial charge in [-0.1, -0.05) is 37.2 Å². The minimum atomic E-state index is -0.190. The standard InChI is InChI=1S/C15H17N3O2/c1-9(2)14-16-15(20-17-14)13-8-11-6-4-5-7-12(11)18(13)10(3)19/h4-7,9,13H,8H2,1-3H3. The maximum Gasteiger partial charge on any atom is 0.250 e. The van der Waals surface area contributed by atoms with E-state index >= 15 is 0 Å². The molecule has 1 aliphatic rings. The molecule has 104 valence electrons. The average molecular weight is 271 g/mol. The van der Waals surface area contributed by atoms with Gasteiger partial charge in [0.1, 0.15) is 6.04 Å². The van der Waals surface area contributed by atoms with Gasteiger partial charge >= 0.3 is 0 Å². The summed E-state index contributed by atoms with van der Waals surface area (Å²) in [6.45, 7) is 5.59. The van der Waals surface area contributed by atoms with Crippen molar-refractivity contribution in [2.45, 2.75) is 39.2 Å². The van der Waals surface area contributed by atoms with E-state index in [-0.39, 0.29) is 17.9 Å². The predicted octanol–water partition coefficient (Wildman–Crippen LogP) is 2.84. The average Bonchev–Trinajstić information content (AvgIpc) is 3.02.